The minimum Gasteiger partial charge on any atom is -0.372 e. The highest BCUT2D eigenvalue weighted by molar-refractivity contribution is 7.14. The van der Waals surface area contributed by atoms with E-state index in [0.29, 0.717) is 19.4 Å². The number of ether oxygens (including phenoxy) is 1. The van der Waals surface area contributed by atoms with Crippen molar-refractivity contribution in [2.24, 2.45) is 0 Å². The van der Waals surface area contributed by atoms with Gasteiger partial charge < -0.3 is 9.64 Å². The molecule has 2 heterocycles. The molecule has 0 N–H and O–H groups in total. The predicted octanol–water partition coefficient (Wildman–Crippen LogP) is 3.38. The maximum Gasteiger partial charge on any atom is 0.183 e. The number of alkyl halides is 1. The second-order valence-electron chi connectivity index (χ2n) is 5.90. The van der Waals surface area contributed by atoms with Crippen molar-refractivity contribution in [1.29, 1.82) is 0 Å². The number of nitrogens with zero attached hydrogens (tertiary/aromatic N) is 3. The standard InChI is InChI=1S/C16H16F3N3O2S/c1-8-5-22(6-9(2)24-8)15-10(7-23)3-11(13(18)14(15)19)16-21-20-12(4-17)25-16/h3,7-9H,4-6H2,1-2H3. The van der Waals surface area contributed by atoms with Crippen LogP contribution >= 0.6 is 11.3 Å². The van der Waals surface area contributed by atoms with Gasteiger partial charge in [0.15, 0.2) is 22.9 Å². The molecular weight excluding hydrogens is 355 g/mol. The van der Waals surface area contributed by atoms with E-state index in [4.69, 9.17) is 4.74 Å². The van der Waals surface area contributed by atoms with Crippen molar-refractivity contribution in [3.8, 4) is 10.6 Å². The highest BCUT2D eigenvalue weighted by Gasteiger charge is 2.29. The molecule has 3 rings (SSSR count). The van der Waals surface area contributed by atoms with Crippen LogP contribution < -0.4 is 4.90 Å². The molecule has 1 aromatic heterocycles. The van der Waals surface area contributed by atoms with E-state index in [2.05, 4.69) is 10.2 Å². The van der Waals surface area contributed by atoms with E-state index in [0.717, 1.165) is 11.3 Å². The zero-order valence-corrected chi connectivity index (χ0v) is 14.4. The second-order valence-corrected chi connectivity index (χ2v) is 6.97. The van der Waals surface area contributed by atoms with Gasteiger partial charge in [-0.25, -0.2) is 13.2 Å². The highest BCUT2D eigenvalue weighted by atomic mass is 32.1. The Morgan fingerprint density at radius 1 is 1.28 bits per heavy atom. The molecule has 25 heavy (non-hydrogen) atoms. The summed E-state index contributed by atoms with van der Waals surface area (Å²) in [6.07, 6.45) is 0.116. The summed E-state index contributed by atoms with van der Waals surface area (Å²) < 4.78 is 47.6. The largest absolute Gasteiger partial charge is 0.372 e. The predicted molar refractivity (Wildman–Crippen MR) is 87.7 cm³/mol. The summed E-state index contributed by atoms with van der Waals surface area (Å²) in [6, 6.07) is 1.23. The summed E-state index contributed by atoms with van der Waals surface area (Å²) in [5.41, 5.74) is -0.282. The molecule has 1 aliphatic heterocycles. The van der Waals surface area contributed by atoms with Crippen LogP contribution in [0.2, 0.25) is 0 Å². The fourth-order valence-electron chi connectivity index (χ4n) is 2.98. The maximum absolute atomic E-state index is 14.8. The number of aromatic nitrogens is 2. The molecule has 2 atom stereocenters. The number of morpholine rings is 1. The summed E-state index contributed by atoms with van der Waals surface area (Å²) in [4.78, 5) is 13.1. The minimum atomic E-state index is -1.13. The summed E-state index contributed by atoms with van der Waals surface area (Å²) in [5.74, 6) is -2.26. The van der Waals surface area contributed by atoms with Crippen molar-refractivity contribution in [3.05, 3.63) is 28.3 Å². The van der Waals surface area contributed by atoms with E-state index in [1.807, 2.05) is 13.8 Å². The van der Waals surface area contributed by atoms with Gasteiger partial charge in [-0.3, -0.25) is 4.79 Å². The van der Waals surface area contributed by atoms with Gasteiger partial charge in [0.25, 0.3) is 0 Å². The highest BCUT2D eigenvalue weighted by Crippen LogP contribution is 2.35. The zero-order chi connectivity index (χ0) is 18.1. The molecule has 2 aromatic rings. The third-order valence-corrected chi connectivity index (χ3v) is 4.81. The third-order valence-electron chi connectivity index (χ3n) is 3.88. The summed E-state index contributed by atoms with van der Waals surface area (Å²) in [6.45, 7) is 3.48. The lowest BCUT2D eigenvalue weighted by Crippen LogP contribution is -2.46. The van der Waals surface area contributed by atoms with Gasteiger partial charge in [0, 0.05) is 18.7 Å². The second kappa shape index (κ2) is 7.09. The van der Waals surface area contributed by atoms with E-state index in [-0.39, 0.29) is 39.0 Å². The fourth-order valence-corrected chi connectivity index (χ4v) is 3.68. The Hall–Kier alpha value is -2.00. The Bertz CT molecular complexity index is 789. The van der Waals surface area contributed by atoms with Crippen LogP contribution in [0.1, 0.15) is 29.2 Å². The number of carbonyl (C=O) groups excluding carboxylic acids is 1. The lowest BCUT2D eigenvalue weighted by molar-refractivity contribution is -0.00546. The number of carbonyl (C=O) groups is 1. The molecule has 0 aliphatic carbocycles. The fraction of sp³-hybridized carbons (Fsp3) is 0.438. The molecule has 1 aromatic carbocycles. The van der Waals surface area contributed by atoms with Crippen LogP contribution in [0.4, 0.5) is 18.9 Å². The average Bonchev–Trinajstić information content (AvgIpc) is 3.05. The normalized spacial score (nSPS) is 20.8. The smallest absolute Gasteiger partial charge is 0.183 e. The number of benzene rings is 1. The number of anilines is 1. The Morgan fingerprint density at radius 2 is 1.96 bits per heavy atom. The van der Waals surface area contributed by atoms with Crippen molar-refractivity contribution in [3.63, 3.8) is 0 Å². The van der Waals surface area contributed by atoms with Crippen LogP contribution in [0, 0.1) is 11.6 Å². The summed E-state index contributed by atoms with van der Waals surface area (Å²) >= 11 is 0.817. The van der Waals surface area contributed by atoms with Gasteiger partial charge >= 0.3 is 0 Å². The van der Waals surface area contributed by atoms with Crippen LogP contribution in [-0.4, -0.2) is 41.8 Å². The van der Waals surface area contributed by atoms with Crippen molar-refractivity contribution in [2.45, 2.75) is 32.7 Å². The van der Waals surface area contributed by atoms with Gasteiger partial charge in [-0.15, -0.1) is 10.2 Å². The zero-order valence-electron chi connectivity index (χ0n) is 13.6. The molecule has 9 heteroatoms. The minimum absolute atomic E-state index is 0.00667. The van der Waals surface area contributed by atoms with Crippen molar-refractivity contribution < 1.29 is 22.7 Å². The van der Waals surface area contributed by atoms with Gasteiger partial charge in [-0.2, -0.15) is 0 Å². The molecule has 0 amide bonds. The number of hydrogen-bond donors (Lipinski definition) is 0. The molecule has 0 spiro atoms. The van der Waals surface area contributed by atoms with Crippen molar-refractivity contribution in [1.82, 2.24) is 10.2 Å². The molecule has 0 bridgehead atoms. The molecule has 134 valence electrons. The number of hydrogen-bond acceptors (Lipinski definition) is 6. The first-order valence-corrected chi connectivity index (χ1v) is 8.52. The Morgan fingerprint density at radius 3 is 2.52 bits per heavy atom. The first-order valence-electron chi connectivity index (χ1n) is 7.70. The van der Waals surface area contributed by atoms with Gasteiger partial charge in [0.1, 0.15) is 11.7 Å². The van der Waals surface area contributed by atoms with Crippen LogP contribution in [0.15, 0.2) is 6.07 Å². The molecule has 5 nitrogen and oxygen atoms in total. The Labute approximate surface area is 146 Å². The molecule has 0 saturated carbocycles. The van der Waals surface area contributed by atoms with E-state index < -0.39 is 18.3 Å². The maximum atomic E-state index is 14.8. The quantitative estimate of drug-likeness (QED) is 0.772. The Balaban J connectivity index is 2.08. The monoisotopic (exact) mass is 371 g/mol. The van der Waals surface area contributed by atoms with E-state index in [1.54, 1.807) is 4.90 Å². The molecule has 0 radical (unpaired) electrons. The molecule has 1 aliphatic rings. The van der Waals surface area contributed by atoms with Gasteiger partial charge in [-0.1, -0.05) is 11.3 Å². The van der Waals surface area contributed by atoms with Gasteiger partial charge in [0.2, 0.25) is 0 Å². The van der Waals surface area contributed by atoms with Crippen LogP contribution in [0.25, 0.3) is 10.6 Å². The van der Waals surface area contributed by atoms with E-state index in [9.17, 15) is 18.0 Å². The van der Waals surface area contributed by atoms with Gasteiger partial charge in [-0.05, 0) is 19.9 Å². The number of aldehydes is 1. The van der Waals surface area contributed by atoms with E-state index in [1.165, 1.54) is 6.07 Å². The molecule has 1 saturated heterocycles. The van der Waals surface area contributed by atoms with Crippen LogP contribution in [-0.2, 0) is 11.4 Å². The molecule has 2 unspecified atom stereocenters. The Kier molecular flexibility index (Phi) is 5.05. The average molecular weight is 371 g/mol. The SMILES string of the molecule is CC1CN(c2c(C=O)cc(-c3nnc(CF)s3)c(F)c2F)CC(C)O1. The third kappa shape index (κ3) is 3.38. The van der Waals surface area contributed by atoms with Crippen molar-refractivity contribution >= 4 is 23.3 Å². The lowest BCUT2D eigenvalue weighted by atomic mass is 10.1. The van der Waals surface area contributed by atoms with E-state index >= 15 is 0 Å². The number of rotatable bonds is 4. The molecular formula is C16H16F3N3O2S. The van der Waals surface area contributed by atoms with Crippen LogP contribution in [0.5, 0.6) is 0 Å². The first-order chi connectivity index (χ1) is 11.9. The lowest BCUT2D eigenvalue weighted by Gasteiger charge is -2.37. The topological polar surface area (TPSA) is 55.3 Å². The molecule has 1 fully saturated rings. The summed E-state index contributed by atoms with van der Waals surface area (Å²) in [7, 11) is 0. The summed E-state index contributed by atoms with van der Waals surface area (Å²) in [5, 5.41) is 7.32. The van der Waals surface area contributed by atoms with Gasteiger partial charge in [0.05, 0.1) is 23.5 Å². The number of halogens is 3. The first kappa shape index (κ1) is 17.8. The van der Waals surface area contributed by atoms with Crippen LogP contribution in [0.3, 0.4) is 0 Å². The van der Waals surface area contributed by atoms with Crippen molar-refractivity contribution in [2.75, 3.05) is 18.0 Å².